The number of rotatable bonds is 8. The first kappa shape index (κ1) is 17.1. The van der Waals surface area contributed by atoms with Crippen molar-refractivity contribution in [3.05, 3.63) is 0 Å². The lowest BCUT2D eigenvalue weighted by molar-refractivity contribution is -0.148. The maximum atomic E-state index is 12.3. The summed E-state index contributed by atoms with van der Waals surface area (Å²) in [6.45, 7) is 3.15. The monoisotopic (exact) mass is 297 g/mol. The molecule has 1 rings (SSSR count). The predicted octanol–water partition coefficient (Wildman–Crippen LogP) is 0.268. The third-order valence-electron chi connectivity index (χ3n) is 4.08. The van der Waals surface area contributed by atoms with Gasteiger partial charge in [0.2, 0.25) is 5.91 Å². The summed E-state index contributed by atoms with van der Waals surface area (Å²) in [6.07, 6.45) is 2.85. The predicted molar refractivity (Wildman–Crippen MR) is 76.4 cm³/mol. The molecule has 1 fully saturated rings. The number of nitrogens with one attached hydrogen (secondary N) is 2. The molecule has 1 unspecified atom stereocenters. The first-order chi connectivity index (χ1) is 9.79. The Morgan fingerprint density at radius 2 is 1.81 bits per heavy atom. The van der Waals surface area contributed by atoms with Gasteiger partial charge in [-0.05, 0) is 39.5 Å². The molecule has 7 nitrogen and oxygen atoms in total. The van der Waals surface area contributed by atoms with Crippen molar-refractivity contribution in [2.75, 3.05) is 6.54 Å². The Bertz CT molecular complexity index is 444. The van der Waals surface area contributed by atoms with Crippen LogP contribution in [0.15, 0.2) is 0 Å². The Morgan fingerprint density at radius 1 is 1.19 bits per heavy atom. The Balaban J connectivity index is 2.54. The first-order valence-corrected chi connectivity index (χ1v) is 7.15. The lowest BCUT2D eigenvalue weighted by Crippen LogP contribution is -2.54. The highest BCUT2D eigenvalue weighted by molar-refractivity contribution is 6.07. The van der Waals surface area contributed by atoms with Crippen LogP contribution in [0, 0.1) is 5.41 Å². The van der Waals surface area contributed by atoms with Crippen molar-refractivity contribution >= 4 is 23.5 Å². The zero-order chi connectivity index (χ0) is 16.0. The Hall–Kier alpha value is -1.92. The number of hydrogen-bond acceptors (Lipinski definition) is 4. The van der Waals surface area contributed by atoms with E-state index in [0.717, 1.165) is 6.42 Å². The molecule has 1 saturated carbocycles. The molecule has 118 valence electrons. The molecule has 21 heavy (non-hydrogen) atoms. The third-order valence-corrected chi connectivity index (χ3v) is 4.08. The molecule has 7 heteroatoms. The fourth-order valence-electron chi connectivity index (χ4n) is 2.46. The molecule has 0 aliphatic heterocycles. The number of Topliss-reactive ketones (excluding diaryl/α,β-unsaturated/α-hetero) is 2. The van der Waals surface area contributed by atoms with Gasteiger partial charge in [-0.1, -0.05) is 6.42 Å². The van der Waals surface area contributed by atoms with Crippen LogP contribution in [0.25, 0.3) is 0 Å². The van der Waals surface area contributed by atoms with Gasteiger partial charge in [0.15, 0.2) is 5.78 Å². The number of carbonyl (C=O) groups is 4. The van der Waals surface area contributed by atoms with E-state index < -0.39 is 17.5 Å². The van der Waals surface area contributed by atoms with E-state index in [1.807, 2.05) is 0 Å². The van der Waals surface area contributed by atoms with Crippen molar-refractivity contribution in [2.45, 2.75) is 52.0 Å². The van der Waals surface area contributed by atoms with Gasteiger partial charge in [-0.3, -0.25) is 14.4 Å². The van der Waals surface area contributed by atoms with Gasteiger partial charge >= 0.3 is 6.03 Å². The molecule has 0 bridgehead atoms. The Morgan fingerprint density at radius 3 is 2.19 bits per heavy atom. The molecule has 4 N–H and O–H groups in total. The van der Waals surface area contributed by atoms with E-state index in [1.54, 1.807) is 0 Å². The number of ketones is 2. The molecule has 0 aromatic heterocycles. The van der Waals surface area contributed by atoms with Crippen molar-refractivity contribution in [1.29, 1.82) is 0 Å². The number of hydrogen-bond donors (Lipinski definition) is 3. The SMILES string of the molecule is CC(=O)C(CCCNC(N)=O)NC(=O)C1(C(C)=O)CCC1. The zero-order valence-corrected chi connectivity index (χ0v) is 12.5. The number of urea groups is 1. The molecule has 1 aliphatic carbocycles. The van der Waals surface area contributed by atoms with Crippen LogP contribution >= 0.6 is 0 Å². The van der Waals surface area contributed by atoms with E-state index in [1.165, 1.54) is 13.8 Å². The molecule has 0 radical (unpaired) electrons. The van der Waals surface area contributed by atoms with Crippen LogP contribution in [-0.4, -0.2) is 36.1 Å². The maximum absolute atomic E-state index is 12.3. The Labute approximate surface area is 124 Å². The summed E-state index contributed by atoms with van der Waals surface area (Å²) >= 11 is 0. The van der Waals surface area contributed by atoms with E-state index >= 15 is 0 Å². The van der Waals surface area contributed by atoms with E-state index in [-0.39, 0.29) is 17.5 Å². The van der Waals surface area contributed by atoms with Gasteiger partial charge in [0.25, 0.3) is 0 Å². The molecule has 0 aromatic rings. The molecule has 1 atom stereocenters. The second-order valence-corrected chi connectivity index (χ2v) is 5.56. The van der Waals surface area contributed by atoms with Crippen LogP contribution in [0.1, 0.15) is 46.0 Å². The molecule has 3 amide bonds. The summed E-state index contributed by atoms with van der Waals surface area (Å²) in [7, 11) is 0. The van der Waals surface area contributed by atoms with E-state index in [9.17, 15) is 19.2 Å². The van der Waals surface area contributed by atoms with Crippen molar-refractivity contribution in [3.63, 3.8) is 0 Å². The highest BCUT2D eigenvalue weighted by atomic mass is 16.2. The van der Waals surface area contributed by atoms with Gasteiger partial charge in [0.05, 0.1) is 6.04 Å². The second-order valence-electron chi connectivity index (χ2n) is 5.56. The minimum absolute atomic E-state index is 0.149. The maximum Gasteiger partial charge on any atom is 0.312 e. The van der Waals surface area contributed by atoms with Crippen LogP contribution in [0.3, 0.4) is 0 Å². The second kappa shape index (κ2) is 7.19. The Kier molecular flexibility index (Phi) is 5.87. The lowest BCUT2D eigenvalue weighted by Gasteiger charge is -2.38. The van der Waals surface area contributed by atoms with Crippen molar-refractivity contribution in [2.24, 2.45) is 11.1 Å². The van der Waals surface area contributed by atoms with Crippen LogP contribution < -0.4 is 16.4 Å². The first-order valence-electron chi connectivity index (χ1n) is 7.15. The van der Waals surface area contributed by atoms with Crippen LogP contribution in [0.2, 0.25) is 0 Å². The standard InChI is InChI=1S/C14H23N3O4/c1-9(18)11(5-3-8-16-13(15)21)17-12(20)14(10(2)19)6-4-7-14/h11H,3-8H2,1-2H3,(H,17,20)(H3,15,16,21). The summed E-state index contributed by atoms with van der Waals surface area (Å²) in [5.41, 5.74) is 4.00. The van der Waals surface area contributed by atoms with E-state index in [2.05, 4.69) is 10.6 Å². The molecule has 0 aromatic carbocycles. The molecular weight excluding hydrogens is 274 g/mol. The summed E-state index contributed by atoms with van der Waals surface area (Å²) in [5.74, 6) is -0.672. The summed E-state index contributed by atoms with van der Waals surface area (Å²) in [6, 6.07) is -1.26. The number of primary amides is 1. The highest BCUT2D eigenvalue weighted by Crippen LogP contribution is 2.42. The van der Waals surface area contributed by atoms with Gasteiger partial charge in [0, 0.05) is 6.54 Å². The van der Waals surface area contributed by atoms with Crippen molar-refractivity contribution < 1.29 is 19.2 Å². The van der Waals surface area contributed by atoms with E-state index in [4.69, 9.17) is 5.73 Å². The highest BCUT2D eigenvalue weighted by Gasteiger charge is 2.48. The van der Waals surface area contributed by atoms with Gasteiger partial charge in [-0.15, -0.1) is 0 Å². The fourth-order valence-corrected chi connectivity index (χ4v) is 2.46. The average Bonchev–Trinajstić information content (AvgIpc) is 2.30. The number of nitrogens with two attached hydrogens (primary N) is 1. The normalized spacial score (nSPS) is 17.2. The lowest BCUT2D eigenvalue weighted by atomic mass is 9.65. The van der Waals surface area contributed by atoms with Gasteiger partial charge in [0.1, 0.15) is 11.2 Å². The third kappa shape index (κ3) is 4.27. The zero-order valence-electron chi connectivity index (χ0n) is 12.5. The minimum atomic E-state index is -0.945. The molecular formula is C14H23N3O4. The van der Waals surface area contributed by atoms with Crippen molar-refractivity contribution in [1.82, 2.24) is 10.6 Å². The number of carbonyl (C=O) groups excluding carboxylic acids is 4. The quantitative estimate of drug-likeness (QED) is 0.440. The molecule has 0 spiro atoms. The summed E-state index contributed by atoms with van der Waals surface area (Å²) < 4.78 is 0. The van der Waals surface area contributed by atoms with E-state index in [0.29, 0.717) is 32.2 Å². The summed E-state index contributed by atoms with van der Waals surface area (Å²) in [5, 5.41) is 5.10. The van der Waals surface area contributed by atoms with Gasteiger partial charge in [-0.2, -0.15) is 0 Å². The van der Waals surface area contributed by atoms with Crippen molar-refractivity contribution in [3.8, 4) is 0 Å². The largest absolute Gasteiger partial charge is 0.352 e. The van der Waals surface area contributed by atoms with Crippen LogP contribution in [-0.2, 0) is 14.4 Å². The molecule has 1 aliphatic rings. The molecule has 0 heterocycles. The smallest absolute Gasteiger partial charge is 0.312 e. The average molecular weight is 297 g/mol. The van der Waals surface area contributed by atoms with Gasteiger partial charge < -0.3 is 16.4 Å². The molecule has 0 saturated heterocycles. The van der Waals surface area contributed by atoms with Crippen LogP contribution in [0.5, 0.6) is 0 Å². The number of amides is 3. The van der Waals surface area contributed by atoms with Gasteiger partial charge in [-0.25, -0.2) is 4.79 Å². The van der Waals surface area contributed by atoms with Crippen LogP contribution in [0.4, 0.5) is 4.79 Å². The fraction of sp³-hybridized carbons (Fsp3) is 0.714. The topological polar surface area (TPSA) is 118 Å². The summed E-state index contributed by atoms with van der Waals surface area (Å²) in [4.78, 5) is 46.1. The minimum Gasteiger partial charge on any atom is -0.352 e.